The predicted molar refractivity (Wildman–Crippen MR) is 53.2 cm³/mol. The number of aliphatic imine (C=N–C) groups is 1. The predicted octanol–water partition coefficient (Wildman–Crippen LogP) is 1.84. The Balaban J connectivity index is 2.20. The van der Waals surface area contributed by atoms with Crippen LogP contribution in [0.4, 0.5) is 5.82 Å². The first-order valence-corrected chi connectivity index (χ1v) is 4.56. The second-order valence-corrected chi connectivity index (χ2v) is 3.24. The van der Waals surface area contributed by atoms with Crippen LogP contribution in [0.5, 0.6) is 0 Å². The zero-order chi connectivity index (χ0) is 9.10. The van der Waals surface area contributed by atoms with Gasteiger partial charge in [-0.05, 0) is 18.6 Å². The van der Waals surface area contributed by atoms with Gasteiger partial charge in [0.25, 0.3) is 0 Å². The minimum absolute atomic E-state index is 0.811. The quantitative estimate of drug-likeness (QED) is 0.651. The third kappa shape index (κ3) is 1.86. The Hall–Kier alpha value is -1.38. The van der Waals surface area contributed by atoms with Crippen molar-refractivity contribution in [3.63, 3.8) is 0 Å². The summed E-state index contributed by atoms with van der Waals surface area (Å²) in [5.41, 5.74) is 0. The molecule has 0 N–H and O–H groups in total. The van der Waals surface area contributed by atoms with E-state index in [0.29, 0.717) is 0 Å². The highest BCUT2D eigenvalue weighted by Gasteiger charge is 2.13. The number of hydrogen-bond acceptors (Lipinski definition) is 2. The van der Waals surface area contributed by atoms with Crippen LogP contribution < -0.4 is 0 Å². The summed E-state index contributed by atoms with van der Waals surface area (Å²) in [6.07, 6.45) is 4.06. The molecule has 0 spiro atoms. The average molecular weight is 175 g/mol. The molecule has 0 aromatic carbocycles. The minimum atomic E-state index is 0.811. The van der Waals surface area contributed by atoms with Gasteiger partial charge in [-0.25, -0.2) is 9.98 Å². The van der Waals surface area contributed by atoms with E-state index in [2.05, 4.69) is 21.9 Å². The molecule has 2 rings (SSSR count). The third-order valence-corrected chi connectivity index (χ3v) is 2.23. The average Bonchev–Trinajstić information content (AvgIpc) is 2.54. The summed E-state index contributed by atoms with van der Waals surface area (Å²) >= 11 is 0. The fraction of sp³-hybridized carbons (Fsp3) is 0.400. The Morgan fingerprint density at radius 1 is 1.46 bits per heavy atom. The maximum atomic E-state index is 4.47. The van der Waals surface area contributed by atoms with E-state index >= 15 is 0 Å². The van der Waals surface area contributed by atoms with Crippen molar-refractivity contribution in [3.05, 3.63) is 24.4 Å². The molecule has 1 aromatic heterocycles. The molecule has 3 heteroatoms. The van der Waals surface area contributed by atoms with Crippen molar-refractivity contribution >= 4 is 11.7 Å². The fourth-order valence-electron chi connectivity index (χ4n) is 1.49. The van der Waals surface area contributed by atoms with Crippen LogP contribution in [0.3, 0.4) is 0 Å². The molecule has 0 radical (unpaired) electrons. The monoisotopic (exact) mass is 175 g/mol. The lowest BCUT2D eigenvalue weighted by Crippen LogP contribution is -2.18. The lowest BCUT2D eigenvalue weighted by atomic mass is 10.4. The van der Waals surface area contributed by atoms with Crippen molar-refractivity contribution in [2.24, 2.45) is 4.99 Å². The minimum Gasteiger partial charge on any atom is -0.363 e. The number of pyridine rings is 1. The van der Waals surface area contributed by atoms with Crippen LogP contribution in [-0.2, 0) is 0 Å². The smallest absolute Gasteiger partial charge is 0.153 e. The van der Waals surface area contributed by atoms with Gasteiger partial charge in [0, 0.05) is 26.2 Å². The van der Waals surface area contributed by atoms with Crippen LogP contribution in [-0.4, -0.2) is 29.3 Å². The Labute approximate surface area is 78.1 Å². The summed E-state index contributed by atoms with van der Waals surface area (Å²) in [4.78, 5) is 10.8. The van der Waals surface area contributed by atoms with Gasteiger partial charge >= 0.3 is 0 Å². The van der Waals surface area contributed by atoms with E-state index in [1.807, 2.05) is 18.2 Å². The van der Waals surface area contributed by atoms with Gasteiger partial charge in [0.15, 0.2) is 5.82 Å². The summed E-state index contributed by atoms with van der Waals surface area (Å²) in [6.45, 7) is 1.12. The van der Waals surface area contributed by atoms with Gasteiger partial charge in [0.2, 0.25) is 0 Å². The fourth-order valence-corrected chi connectivity index (χ4v) is 1.49. The van der Waals surface area contributed by atoms with Crippen LogP contribution in [0, 0.1) is 0 Å². The summed E-state index contributed by atoms with van der Waals surface area (Å²) < 4.78 is 0. The lowest BCUT2D eigenvalue weighted by molar-refractivity contribution is 0.550. The molecular formula is C10H13N3. The standard InChI is InChI=1S/C10H13N3/c1-13-8-4-6-10(13)12-9-5-2-3-7-11-9/h2-3,5,7H,4,6,8H2,1H3/b12-10+. The number of likely N-dealkylation sites (tertiary alicyclic amines) is 1. The first kappa shape index (κ1) is 8.23. The van der Waals surface area contributed by atoms with Gasteiger partial charge in [0.1, 0.15) is 5.84 Å². The molecule has 68 valence electrons. The molecule has 0 aliphatic carbocycles. The normalized spacial score (nSPS) is 19.8. The van der Waals surface area contributed by atoms with E-state index in [1.165, 1.54) is 6.42 Å². The van der Waals surface area contributed by atoms with E-state index in [4.69, 9.17) is 0 Å². The zero-order valence-electron chi connectivity index (χ0n) is 7.77. The van der Waals surface area contributed by atoms with Crippen molar-refractivity contribution < 1.29 is 0 Å². The first-order chi connectivity index (χ1) is 6.36. The molecular weight excluding hydrogens is 162 g/mol. The van der Waals surface area contributed by atoms with Gasteiger partial charge in [-0.15, -0.1) is 0 Å². The van der Waals surface area contributed by atoms with Crippen molar-refractivity contribution in [2.45, 2.75) is 12.8 Å². The number of aromatic nitrogens is 1. The largest absolute Gasteiger partial charge is 0.363 e. The van der Waals surface area contributed by atoms with Gasteiger partial charge < -0.3 is 4.90 Å². The number of rotatable bonds is 1. The van der Waals surface area contributed by atoms with E-state index < -0.39 is 0 Å². The molecule has 1 aliphatic heterocycles. The summed E-state index contributed by atoms with van der Waals surface area (Å²) in [6, 6.07) is 5.79. The molecule has 0 atom stereocenters. The van der Waals surface area contributed by atoms with Gasteiger partial charge in [-0.2, -0.15) is 0 Å². The molecule has 13 heavy (non-hydrogen) atoms. The third-order valence-electron chi connectivity index (χ3n) is 2.23. The second-order valence-electron chi connectivity index (χ2n) is 3.24. The molecule has 1 saturated heterocycles. The molecule has 1 aromatic rings. The molecule has 3 nitrogen and oxygen atoms in total. The summed E-state index contributed by atoms with van der Waals surface area (Å²) in [5.74, 6) is 1.96. The van der Waals surface area contributed by atoms with E-state index in [9.17, 15) is 0 Å². The second kappa shape index (κ2) is 3.56. The SMILES string of the molecule is CN1CCC/C1=N\c1ccccn1. The zero-order valence-corrected chi connectivity index (χ0v) is 7.77. The molecule has 1 fully saturated rings. The van der Waals surface area contributed by atoms with Crippen molar-refractivity contribution in [3.8, 4) is 0 Å². The summed E-state index contributed by atoms with van der Waals surface area (Å²) in [5, 5.41) is 0. The topological polar surface area (TPSA) is 28.5 Å². The van der Waals surface area contributed by atoms with Crippen molar-refractivity contribution in [2.75, 3.05) is 13.6 Å². The van der Waals surface area contributed by atoms with Crippen LogP contribution in [0.1, 0.15) is 12.8 Å². The first-order valence-electron chi connectivity index (χ1n) is 4.56. The Morgan fingerprint density at radius 2 is 2.38 bits per heavy atom. The van der Waals surface area contributed by atoms with Crippen molar-refractivity contribution in [1.29, 1.82) is 0 Å². The maximum absolute atomic E-state index is 4.47. The van der Waals surface area contributed by atoms with Crippen LogP contribution >= 0.6 is 0 Å². The molecule has 0 unspecified atom stereocenters. The molecule has 2 heterocycles. The highest BCUT2D eigenvalue weighted by atomic mass is 15.2. The van der Waals surface area contributed by atoms with Crippen LogP contribution in [0.25, 0.3) is 0 Å². The van der Waals surface area contributed by atoms with Gasteiger partial charge in [-0.3, -0.25) is 0 Å². The van der Waals surface area contributed by atoms with E-state index in [1.54, 1.807) is 6.20 Å². The number of nitrogens with zero attached hydrogens (tertiary/aromatic N) is 3. The van der Waals surface area contributed by atoms with Gasteiger partial charge in [-0.1, -0.05) is 6.07 Å². The molecule has 1 aliphatic rings. The van der Waals surface area contributed by atoms with Crippen molar-refractivity contribution in [1.82, 2.24) is 9.88 Å². The van der Waals surface area contributed by atoms with E-state index in [0.717, 1.165) is 24.6 Å². The highest BCUT2D eigenvalue weighted by molar-refractivity contribution is 5.85. The van der Waals surface area contributed by atoms with Crippen LogP contribution in [0.2, 0.25) is 0 Å². The number of amidine groups is 1. The Kier molecular flexibility index (Phi) is 2.25. The Morgan fingerprint density at radius 3 is 3.00 bits per heavy atom. The van der Waals surface area contributed by atoms with Gasteiger partial charge in [0.05, 0.1) is 0 Å². The van der Waals surface area contributed by atoms with Crippen LogP contribution in [0.15, 0.2) is 29.4 Å². The Bertz CT molecular complexity index is 305. The maximum Gasteiger partial charge on any atom is 0.153 e. The molecule has 0 saturated carbocycles. The van der Waals surface area contributed by atoms with E-state index in [-0.39, 0.29) is 0 Å². The lowest BCUT2D eigenvalue weighted by Gasteiger charge is -2.10. The number of hydrogen-bond donors (Lipinski definition) is 0. The highest BCUT2D eigenvalue weighted by Crippen LogP contribution is 2.14. The molecule has 0 amide bonds. The molecule has 0 bridgehead atoms. The summed E-state index contributed by atoms with van der Waals surface area (Å²) in [7, 11) is 2.08.